The summed E-state index contributed by atoms with van der Waals surface area (Å²) in [6.45, 7) is 0. The van der Waals surface area contributed by atoms with E-state index < -0.39 is 24.3 Å². The van der Waals surface area contributed by atoms with Crippen LogP contribution in [-0.2, 0) is 6.18 Å². The molecule has 0 bridgehead atoms. The van der Waals surface area contributed by atoms with Crippen LogP contribution in [0.5, 0.6) is 17.2 Å². The van der Waals surface area contributed by atoms with Gasteiger partial charge in [-0.2, -0.15) is 13.2 Å². The maximum Gasteiger partial charge on any atom is 0.489 e. The van der Waals surface area contributed by atoms with Gasteiger partial charge in [-0.05, 0) is 29.7 Å². The first kappa shape index (κ1) is 16.2. The third-order valence-corrected chi connectivity index (χ3v) is 2.89. The number of methoxy groups -OCH3 is 1. The predicted molar refractivity (Wildman–Crippen MR) is 74.3 cm³/mol. The minimum atomic E-state index is -4.73. The number of halogens is 3. The van der Waals surface area contributed by atoms with Crippen molar-refractivity contribution in [2.75, 3.05) is 7.11 Å². The van der Waals surface area contributed by atoms with Gasteiger partial charge < -0.3 is 19.5 Å². The van der Waals surface area contributed by atoms with Crippen LogP contribution in [0.1, 0.15) is 5.56 Å². The Morgan fingerprint density at radius 3 is 2.18 bits per heavy atom. The van der Waals surface area contributed by atoms with Crippen molar-refractivity contribution in [3.05, 3.63) is 48.0 Å². The Morgan fingerprint density at radius 1 is 0.955 bits per heavy atom. The lowest BCUT2D eigenvalue weighted by molar-refractivity contribution is -0.137. The van der Waals surface area contributed by atoms with Crippen LogP contribution in [0.15, 0.2) is 42.5 Å². The van der Waals surface area contributed by atoms with Crippen LogP contribution in [0.2, 0.25) is 0 Å². The second-order valence-electron chi connectivity index (χ2n) is 4.40. The largest absolute Gasteiger partial charge is 0.497 e. The zero-order chi connectivity index (χ0) is 16.3. The first-order chi connectivity index (χ1) is 10.3. The molecule has 8 heteroatoms. The van der Waals surface area contributed by atoms with E-state index in [1.165, 1.54) is 19.2 Å². The number of hydrogen-bond acceptors (Lipinski definition) is 4. The smallest absolute Gasteiger partial charge is 0.489 e. The summed E-state index contributed by atoms with van der Waals surface area (Å²) >= 11 is 0. The molecule has 0 radical (unpaired) electrons. The van der Waals surface area contributed by atoms with E-state index in [4.69, 9.17) is 19.5 Å². The maximum absolute atomic E-state index is 12.9. The van der Waals surface area contributed by atoms with Crippen LogP contribution in [-0.4, -0.2) is 24.3 Å². The summed E-state index contributed by atoms with van der Waals surface area (Å²) in [4.78, 5) is 0. The van der Waals surface area contributed by atoms with Gasteiger partial charge in [0.1, 0.15) is 17.2 Å². The summed E-state index contributed by atoms with van der Waals surface area (Å²) in [6.07, 6.45) is -4.73. The molecule has 2 aromatic rings. The van der Waals surface area contributed by atoms with Gasteiger partial charge in [-0.1, -0.05) is 12.1 Å². The van der Waals surface area contributed by atoms with Gasteiger partial charge in [0.25, 0.3) is 0 Å². The molecule has 2 rings (SSSR count). The van der Waals surface area contributed by atoms with Crippen molar-refractivity contribution in [1.82, 2.24) is 0 Å². The molecule has 116 valence electrons. The minimum absolute atomic E-state index is 0.0787. The molecular formula is C14H12BF3O4. The Morgan fingerprint density at radius 2 is 1.59 bits per heavy atom. The van der Waals surface area contributed by atoms with Gasteiger partial charge in [0.2, 0.25) is 0 Å². The highest BCUT2D eigenvalue weighted by atomic mass is 19.4. The van der Waals surface area contributed by atoms with Crippen molar-refractivity contribution in [1.29, 1.82) is 0 Å². The zero-order valence-corrected chi connectivity index (χ0v) is 11.5. The number of hydrogen-bond donors (Lipinski definition) is 2. The van der Waals surface area contributed by atoms with Crippen LogP contribution in [0.4, 0.5) is 13.2 Å². The quantitative estimate of drug-likeness (QED) is 0.850. The van der Waals surface area contributed by atoms with Gasteiger partial charge in [-0.25, -0.2) is 0 Å². The van der Waals surface area contributed by atoms with Crippen molar-refractivity contribution in [2.24, 2.45) is 0 Å². The molecule has 0 saturated carbocycles. The molecule has 4 nitrogen and oxygen atoms in total. The summed E-state index contributed by atoms with van der Waals surface area (Å²) in [7, 11) is -0.763. The highest BCUT2D eigenvalue weighted by molar-refractivity contribution is 6.59. The molecule has 0 atom stereocenters. The number of rotatable bonds is 4. The second-order valence-corrected chi connectivity index (χ2v) is 4.40. The predicted octanol–water partition coefficient (Wildman–Crippen LogP) is 2.19. The first-order valence-corrected chi connectivity index (χ1v) is 6.20. The SMILES string of the molecule is COc1cccc(Oc2ccc(B(O)O)c(C(F)(F)F)c2)c1. The summed E-state index contributed by atoms with van der Waals surface area (Å²) in [5.41, 5.74) is -1.80. The van der Waals surface area contributed by atoms with E-state index in [1.54, 1.807) is 18.2 Å². The summed E-state index contributed by atoms with van der Waals surface area (Å²) in [5.74, 6) is 0.714. The van der Waals surface area contributed by atoms with Crippen molar-refractivity contribution in [3.63, 3.8) is 0 Å². The standard InChI is InChI=1S/C14H12BF3O4/c1-21-9-3-2-4-10(7-9)22-11-5-6-13(15(19)20)12(8-11)14(16,17)18/h2-8,19-20H,1H3. The summed E-state index contributed by atoms with van der Waals surface area (Å²) < 4.78 is 49.2. The van der Waals surface area contributed by atoms with Crippen LogP contribution in [0.25, 0.3) is 0 Å². The highest BCUT2D eigenvalue weighted by Gasteiger charge is 2.36. The van der Waals surface area contributed by atoms with Crippen LogP contribution in [0.3, 0.4) is 0 Å². The van der Waals surface area contributed by atoms with E-state index in [0.29, 0.717) is 17.6 Å². The molecule has 0 aliphatic rings. The lowest BCUT2D eigenvalue weighted by Crippen LogP contribution is -2.35. The average molecular weight is 312 g/mol. The van der Waals surface area contributed by atoms with Crippen LogP contribution < -0.4 is 14.9 Å². The van der Waals surface area contributed by atoms with E-state index in [-0.39, 0.29) is 5.75 Å². The van der Waals surface area contributed by atoms with Gasteiger partial charge in [0, 0.05) is 6.07 Å². The van der Waals surface area contributed by atoms with E-state index in [2.05, 4.69) is 0 Å². The van der Waals surface area contributed by atoms with Crippen LogP contribution >= 0.6 is 0 Å². The lowest BCUT2D eigenvalue weighted by Gasteiger charge is -2.14. The van der Waals surface area contributed by atoms with Gasteiger partial charge in [-0.15, -0.1) is 0 Å². The Bertz CT molecular complexity index is 659. The van der Waals surface area contributed by atoms with Crippen molar-refractivity contribution in [2.45, 2.75) is 6.18 Å². The molecule has 2 aromatic carbocycles. The molecule has 0 aliphatic carbocycles. The Balaban J connectivity index is 2.36. The molecule has 0 aliphatic heterocycles. The number of ether oxygens (including phenoxy) is 2. The molecule has 0 aromatic heterocycles. The molecule has 0 heterocycles. The molecular weight excluding hydrogens is 300 g/mol. The van der Waals surface area contributed by atoms with Gasteiger partial charge >= 0.3 is 13.3 Å². The molecule has 0 unspecified atom stereocenters. The lowest BCUT2D eigenvalue weighted by atomic mass is 9.77. The highest BCUT2D eigenvalue weighted by Crippen LogP contribution is 2.32. The minimum Gasteiger partial charge on any atom is -0.497 e. The molecule has 0 saturated heterocycles. The second kappa shape index (κ2) is 6.29. The Hall–Kier alpha value is -2.19. The first-order valence-electron chi connectivity index (χ1n) is 6.20. The van der Waals surface area contributed by atoms with Crippen LogP contribution in [0, 0.1) is 0 Å². The zero-order valence-electron chi connectivity index (χ0n) is 11.5. The monoisotopic (exact) mass is 312 g/mol. The van der Waals surface area contributed by atoms with Crippen molar-refractivity contribution < 1.29 is 32.7 Å². The Labute approximate surface area is 124 Å². The third kappa shape index (κ3) is 3.72. The Kier molecular flexibility index (Phi) is 4.63. The van der Waals surface area contributed by atoms with Gasteiger partial charge in [0.15, 0.2) is 0 Å². The average Bonchev–Trinajstić information content (AvgIpc) is 2.46. The van der Waals surface area contributed by atoms with E-state index in [1.807, 2.05) is 0 Å². The molecule has 0 fully saturated rings. The van der Waals surface area contributed by atoms with Crippen molar-refractivity contribution >= 4 is 12.6 Å². The van der Waals surface area contributed by atoms with Gasteiger partial charge in [0.05, 0.1) is 12.7 Å². The molecule has 0 spiro atoms. The fourth-order valence-corrected chi connectivity index (χ4v) is 1.87. The molecule has 2 N–H and O–H groups in total. The molecule has 22 heavy (non-hydrogen) atoms. The summed E-state index contributed by atoms with van der Waals surface area (Å²) in [6, 6.07) is 9.28. The van der Waals surface area contributed by atoms with Crippen molar-refractivity contribution in [3.8, 4) is 17.2 Å². The van der Waals surface area contributed by atoms with E-state index in [0.717, 1.165) is 6.07 Å². The van der Waals surface area contributed by atoms with E-state index >= 15 is 0 Å². The maximum atomic E-state index is 12.9. The number of benzene rings is 2. The number of alkyl halides is 3. The topological polar surface area (TPSA) is 58.9 Å². The third-order valence-electron chi connectivity index (χ3n) is 2.89. The summed E-state index contributed by atoms with van der Waals surface area (Å²) in [5, 5.41) is 18.0. The fourth-order valence-electron chi connectivity index (χ4n) is 1.87. The molecule has 0 amide bonds. The van der Waals surface area contributed by atoms with Gasteiger partial charge in [-0.3, -0.25) is 0 Å². The normalized spacial score (nSPS) is 11.2. The van der Waals surface area contributed by atoms with E-state index in [9.17, 15) is 13.2 Å². The fraction of sp³-hybridized carbons (Fsp3) is 0.143.